The summed E-state index contributed by atoms with van der Waals surface area (Å²) in [5, 5.41) is 6.14. The van der Waals surface area contributed by atoms with Gasteiger partial charge in [0.15, 0.2) is 17.6 Å². The van der Waals surface area contributed by atoms with Crippen molar-refractivity contribution in [2.75, 3.05) is 0 Å². The number of aromatic nitrogens is 2. The number of aliphatic imine (C=N–C) groups is 1. The van der Waals surface area contributed by atoms with Crippen LogP contribution in [0.2, 0.25) is 5.02 Å². The summed E-state index contributed by atoms with van der Waals surface area (Å²) in [5.41, 5.74) is 0.529. The van der Waals surface area contributed by atoms with Crippen molar-refractivity contribution in [3.8, 4) is 0 Å². The van der Waals surface area contributed by atoms with Crippen LogP contribution in [0.4, 0.5) is 13.2 Å². The smallest absolute Gasteiger partial charge is 0.258 e. The van der Waals surface area contributed by atoms with Gasteiger partial charge in [-0.3, -0.25) is 10.1 Å². The highest BCUT2D eigenvalue weighted by Gasteiger charge is 2.23. The molecule has 188 valence electrons. The number of guanidine groups is 1. The molecule has 36 heavy (non-hydrogen) atoms. The monoisotopic (exact) mass is 515 g/mol. The largest absolute Gasteiger partial charge is 0.353 e. The molecule has 3 aromatic rings. The average molecular weight is 516 g/mol. The Labute approximate surface area is 212 Å². The Morgan fingerprint density at radius 3 is 2.44 bits per heavy atom. The van der Waals surface area contributed by atoms with Gasteiger partial charge in [0, 0.05) is 35.4 Å². The van der Waals surface area contributed by atoms with Gasteiger partial charge in [0.2, 0.25) is 0 Å². The molecule has 0 aliphatic heterocycles. The van der Waals surface area contributed by atoms with Gasteiger partial charge < -0.3 is 5.32 Å². The van der Waals surface area contributed by atoms with Crippen molar-refractivity contribution in [2.45, 2.75) is 44.7 Å². The van der Waals surface area contributed by atoms with Gasteiger partial charge in [-0.2, -0.15) is 0 Å². The number of benzene rings is 2. The van der Waals surface area contributed by atoms with Gasteiger partial charge >= 0.3 is 0 Å². The first-order valence-electron chi connectivity index (χ1n) is 11.6. The van der Waals surface area contributed by atoms with E-state index in [2.05, 4.69) is 25.6 Å². The zero-order valence-corrected chi connectivity index (χ0v) is 20.1. The second-order valence-electron chi connectivity index (χ2n) is 8.71. The molecule has 0 spiro atoms. The third-order valence-electron chi connectivity index (χ3n) is 6.11. The van der Waals surface area contributed by atoms with E-state index in [4.69, 9.17) is 11.6 Å². The molecule has 1 saturated carbocycles. The first-order chi connectivity index (χ1) is 17.4. The van der Waals surface area contributed by atoms with Gasteiger partial charge in [-0.1, -0.05) is 17.7 Å². The Balaban J connectivity index is 1.43. The van der Waals surface area contributed by atoms with Crippen molar-refractivity contribution in [1.82, 2.24) is 20.6 Å². The number of nitrogens with zero attached hydrogens (tertiary/aromatic N) is 3. The molecule has 2 aromatic carbocycles. The minimum Gasteiger partial charge on any atom is -0.353 e. The SMILES string of the molecule is O=C(NC(=NCc1ccc(F)cc1Cl)NC1CCC(Cc2ncccn2)CC1)c1ccc(F)c(F)c1. The highest BCUT2D eigenvalue weighted by molar-refractivity contribution is 6.31. The third kappa shape index (κ3) is 7.04. The predicted octanol–water partition coefficient (Wildman–Crippen LogP) is 5.22. The topological polar surface area (TPSA) is 79.3 Å². The van der Waals surface area contributed by atoms with Crippen LogP contribution in [0.5, 0.6) is 0 Å². The Bertz CT molecular complexity index is 1230. The molecule has 1 heterocycles. The molecule has 10 heteroatoms. The molecular formula is C26H25ClF3N5O. The number of amides is 1. The van der Waals surface area contributed by atoms with Gasteiger partial charge in [0.25, 0.3) is 5.91 Å². The number of rotatable bonds is 6. The van der Waals surface area contributed by atoms with Crippen LogP contribution in [-0.2, 0) is 13.0 Å². The Morgan fingerprint density at radius 1 is 1.00 bits per heavy atom. The molecule has 1 aliphatic carbocycles. The fourth-order valence-electron chi connectivity index (χ4n) is 4.15. The summed E-state index contributed by atoms with van der Waals surface area (Å²) in [6.45, 7) is 0.0835. The van der Waals surface area contributed by atoms with Crippen molar-refractivity contribution >= 4 is 23.5 Å². The summed E-state index contributed by atoms with van der Waals surface area (Å²) >= 11 is 6.12. The minimum atomic E-state index is -1.12. The molecule has 6 nitrogen and oxygen atoms in total. The first-order valence-corrected chi connectivity index (χ1v) is 12.0. The molecule has 0 radical (unpaired) electrons. The van der Waals surface area contributed by atoms with Gasteiger partial charge in [0.1, 0.15) is 11.6 Å². The average Bonchev–Trinajstić information content (AvgIpc) is 2.87. The number of carbonyl (C=O) groups is 1. The van der Waals surface area contributed by atoms with Gasteiger partial charge in [-0.05, 0) is 73.6 Å². The Hall–Kier alpha value is -3.46. The molecule has 4 rings (SSSR count). The molecule has 0 unspecified atom stereocenters. The van der Waals surface area contributed by atoms with Crippen molar-refractivity contribution in [2.24, 2.45) is 10.9 Å². The van der Waals surface area contributed by atoms with Crippen molar-refractivity contribution in [3.63, 3.8) is 0 Å². The summed E-state index contributed by atoms with van der Waals surface area (Å²) in [7, 11) is 0. The predicted molar refractivity (Wildman–Crippen MR) is 131 cm³/mol. The van der Waals surface area contributed by atoms with E-state index < -0.39 is 23.4 Å². The summed E-state index contributed by atoms with van der Waals surface area (Å²) in [4.78, 5) is 25.8. The number of carbonyl (C=O) groups excluding carboxylic acids is 1. The molecule has 0 atom stereocenters. The van der Waals surface area contributed by atoms with E-state index in [1.807, 2.05) is 0 Å². The molecule has 1 fully saturated rings. The van der Waals surface area contributed by atoms with Crippen LogP contribution in [0.3, 0.4) is 0 Å². The van der Waals surface area contributed by atoms with Crippen molar-refractivity contribution in [3.05, 3.63) is 94.3 Å². The summed E-state index contributed by atoms with van der Waals surface area (Å²) < 4.78 is 40.3. The van der Waals surface area contributed by atoms with E-state index in [0.717, 1.165) is 50.1 Å². The van der Waals surface area contributed by atoms with Crippen LogP contribution < -0.4 is 10.6 Å². The highest BCUT2D eigenvalue weighted by Crippen LogP contribution is 2.26. The summed E-state index contributed by atoms with van der Waals surface area (Å²) in [6, 6.07) is 8.75. The van der Waals surface area contributed by atoms with Crippen LogP contribution in [0.1, 0.15) is 47.4 Å². The van der Waals surface area contributed by atoms with Gasteiger partial charge in [-0.15, -0.1) is 0 Å². The van der Waals surface area contributed by atoms with E-state index >= 15 is 0 Å². The Kier molecular flexibility index (Phi) is 8.53. The molecule has 2 N–H and O–H groups in total. The van der Waals surface area contributed by atoms with E-state index in [1.165, 1.54) is 24.3 Å². The maximum atomic E-state index is 13.6. The normalized spacial score (nSPS) is 18.1. The lowest BCUT2D eigenvalue weighted by Gasteiger charge is -2.29. The molecule has 1 aliphatic rings. The van der Waals surface area contributed by atoms with Crippen LogP contribution in [0.15, 0.2) is 59.9 Å². The standard InChI is InChI=1S/C26H25ClF3N5O/c27-21-14-19(28)6-4-18(21)15-33-26(35-25(36)17-5-9-22(29)23(30)13-17)34-20-7-2-16(3-8-20)12-24-31-10-1-11-32-24/h1,4-6,9-11,13-14,16,20H,2-3,7-8,12,15H2,(H2,33,34,35,36). The lowest BCUT2D eigenvalue weighted by molar-refractivity contribution is 0.0974. The molecule has 1 amide bonds. The fraction of sp³-hybridized carbons (Fsp3) is 0.308. The zero-order valence-electron chi connectivity index (χ0n) is 19.4. The van der Waals surface area contributed by atoms with E-state index in [9.17, 15) is 18.0 Å². The van der Waals surface area contributed by atoms with Crippen LogP contribution >= 0.6 is 11.6 Å². The van der Waals surface area contributed by atoms with E-state index in [1.54, 1.807) is 18.5 Å². The van der Waals surface area contributed by atoms with Crippen molar-refractivity contribution in [1.29, 1.82) is 0 Å². The van der Waals surface area contributed by atoms with Gasteiger partial charge in [0.05, 0.1) is 6.54 Å². The third-order valence-corrected chi connectivity index (χ3v) is 6.47. The lowest BCUT2D eigenvalue weighted by Crippen LogP contribution is -2.47. The first kappa shape index (κ1) is 25.6. The van der Waals surface area contributed by atoms with E-state index in [-0.39, 0.29) is 29.1 Å². The maximum Gasteiger partial charge on any atom is 0.258 e. The minimum absolute atomic E-state index is 0.0465. The van der Waals surface area contributed by atoms with E-state index in [0.29, 0.717) is 11.5 Å². The molecule has 0 saturated heterocycles. The number of hydrogen-bond acceptors (Lipinski definition) is 4. The number of halogens is 4. The molecular weight excluding hydrogens is 491 g/mol. The summed E-state index contributed by atoms with van der Waals surface area (Å²) in [5.74, 6) is -1.79. The van der Waals surface area contributed by atoms with Gasteiger partial charge in [-0.25, -0.2) is 28.1 Å². The summed E-state index contributed by atoms with van der Waals surface area (Å²) in [6.07, 6.45) is 7.87. The van der Waals surface area contributed by atoms with Crippen LogP contribution in [-0.4, -0.2) is 27.9 Å². The number of hydrogen-bond donors (Lipinski definition) is 2. The maximum absolute atomic E-state index is 13.6. The number of nitrogens with one attached hydrogen (secondary N) is 2. The Morgan fingerprint density at radius 2 is 1.75 bits per heavy atom. The lowest BCUT2D eigenvalue weighted by atomic mass is 9.84. The quantitative estimate of drug-likeness (QED) is 0.348. The second kappa shape index (κ2) is 12.0. The zero-order chi connectivity index (χ0) is 25.5. The van der Waals surface area contributed by atoms with Crippen molar-refractivity contribution < 1.29 is 18.0 Å². The highest BCUT2D eigenvalue weighted by atomic mass is 35.5. The second-order valence-corrected chi connectivity index (χ2v) is 9.12. The molecule has 0 bridgehead atoms. The molecule has 1 aromatic heterocycles. The van der Waals surface area contributed by atoms with Crippen LogP contribution in [0, 0.1) is 23.4 Å². The fourth-order valence-corrected chi connectivity index (χ4v) is 4.38. The van der Waals surface area contributed by atoms with Crippen LogP contribution in [0.25, 0.3) is 0 Å².